The van der Waals surface area contributed by atoms with Crippen molar-refractivity contribution in [1.82, 2.24) is 14.4 Å². The maximum absolute atomic E-state index is 11.1. The van der Waals surface area contributed by atoms with E-state index in [0.29, 0.717) is 5.69 Å². The standard InChI is InChI=1S/C14H11N3O/c1-10-4-7-17-13(8-10)12(9-18)16-14(17)11-2-5-15-6-3-11/h2-9H,1H3. The number of hydrogen-bond acceptors (Lipinski definition) is 3. The number of aldehydes is 1. The van der Waals surface area contributed by atoms with E-state index in [2.05, 4.69) is 9.97 Å². The molecule has 0 atom stereocenters. The summed E-state index contributed by atoms with van der Waals surface area (Å²) < 4.78 is 1.92. The smallest absolute Gasteiger partial charge is 0.170 e. The van der Waals surface area contributed by atoms with Gasteiger partial charge in [0.1, 0.15) is 11.5 Å². The number of pyridine rings is 2. The van der Waals surface area contributed by atoms with Crippen molar-refractivity contribution < 1.29 is 4.79 Å². The van der Waals surface area contributed by atoms with Crippen LogP contribution in [0.4, 0.5) is 0 Å². The molecule has 18 heavy (non-hydrogen) atoms. The summed E-state index contributed by atoms with van der Waals surface area (Å²) in [6.45, 7) is 1.99. The van der Waals surface area contributed by atoms with Crippen molar-refractivity contribution >= 4 is 11.8 Å². The molecule has 0 N–H and O–H groups in total. The molecule has 0 aliphatic carbocycles. The molecule has 3 aromatic rings. The minimum atomic E-state index is 0.463. The van der Waals surface area contributed by atoms with Gasteiger partial charge in [-0.05, 0) is 36.8 Å². The summed E-state index contributed by atoms with van der Waals surface area (Å²) in [5.74, 6) is 0.759. The average Bonchev–Trinajstić information content (AvgIpc) is 2.77. The van der Waals surface area contributed by atoms with Gasteiger partial charge >= 0.3 is 0 Å². The Kier molecular flexibility index (Phi) is 2.41. The summed E-state index contributed by atoms with van der Waals surface area (Å²) in [4.78, 5) is 19.5. The molecule has 0 spiro atoms. The van der Waals surface area contributed by atoms with Crippen LogP contribution < -0.4 is 0 Å². The summed E-state index contributed by atoms with van der Waals surface area (Å²) >= 11 is 0. The minimum absolute atomic E-state index is 0.463. The van der Waals surface area contributed by atoms with Crippen molar-refractivity contribution in [3.05, 3.63) is 54.1 Å². The van der Waals surface area contributed by atoms with E-state index in [4.69, 9.17) is 0 Å². The van der Waals surface area contributed by atoms with Gasteiger partial charge in [-0.2, -0.15) is 0 Å². The molecule has 3 heterocycles. The molecule has 0 aromatic carbocycles. The van der Waals surface area contributed by atoms with E-state index in [1.165, 1.54) is 0 Å². The maximum atomic E-state index is 11.1. The van der Waals surface area contributed by atoms with Gasteiger partial charge in [0.25, 0.3) is 0 Å². The first-order valence-corrected chi connectivity index (χ1v) is 5.64. The van der Waals surface area contributed by atoms with E-state index in [0.717, 1.165) is 28.8 Å². The fourth-order valence-corrected chi connectivity index (χ4v) is 2.00. The van der Waals surface area contributed by atoms with Crippen molar-refractivity contribution in [3.8, 4) is 11.4 Å². The SMILES string of the molecule is Cc1ccn2c(-c3ccncc3)nc(C=O)c2c1. The summed E-state index contributed by atoms with van der Waals surface area (Å²) in [6.07, 6.45) is 6.15. The lowest BCUT2D eigenvalue weighted by Crippen LogP contribution is -1.89. The molecule has 3 aromatic heterocycles. The zero-order valence-electron chi connectivity index (χ0n) is 9.87. The molecule has 0 radical (unpaired) electrons. The number of carbonyl (C=O) groups is 1. The summed E-state index contributed by atoms with van der Waals surface area (Å²) in [5, 5.41) is 0. The average molecular weight is 237 g/mol. The second-order valence-electron chi connectivity index (χ2n) is 4.13. The second kappa shape index (κ2) is 4.07. The highest BCUT2D eigenvalue weighted by Gasteiger charge is 2.11. The lowest BCUT2D eigenvalue weighted by atomic mass is 10.2. The third-order valence-electron chi connectivity index (χ3n) is 2.88. The van der Waals surface area contributed by atoms with Gasteiger partial charge in [0, 0.05) is 24.2 Å². The number of carbonyl (C=O) groups excluding carboxylic acids is 1. The monoisotopic (exact) mass is 237 g/mol. The fraction of sp³-hybridized carbons (Fsp3) is 0.0714. The maximum Gasteiger partial charge on any atom is 0.170 e. The first-order chi connectivity index (χ1) is 8.79. The number of imidazole rings is 1. The van der Waals surface area contributed by atoms with Crippen LogP contribution in [-0.2, 0) is 0 Å². The van der Waals surface area contributed by atoms with Gasteiger partial charge in [0.2, 0.25) is 0 Å². The summed E-state index contributed by atoms with van der Waals surface area (Å²) in [6, 6.07) is 7.71. The Labute approximate surface area is 104 Å². The minimum Gasteiger partial charge on any atom is -0.299 e. The van der Waals surface area contributed by atoms with Gasteiger partial charge in [-0.15, -0.1) is 0 Å². The molecule has 3 rings (SSSR count). The summed E-state index contributed by atoms with van der Waals surface area (Å²) in [7, 11) is 0. The molecule has 0 saturated heterocycles. The molecule has 88 valence electrons. The molecule has 0 aliphatic rings. The van der Waals surface area contributed by atoms with Gasteiger partial charge in [-0.25, -0.2) is 4.98 Å². The van der Waals surface area contributed by atoms with Crippen LogP contribution in [0.2, 0.25) is 0 Å². The van der Waals surface area contributed by atoms with Crippen LogP contribution in [0.3, 0.4) is 0 Å². The lowest BCUT2D eigenvalue weighted by molar-refractivity contribution is 0.112. The largest absolute Gasteiger partial charge is 0.299 e. The van der Waals surface area contributed by atoms with E-state index in [1.807, 2.05) is 41.8 Å². The van der Waals surface area contributed by atoms with Crippen LogP contribution in [0.25, 0.3) is 16.9 Å². The van der Waals surface area contributed by atoms with Crippen molar-refractivity contribution in [3.63, 3.8) is 0 Å². The third-order valence-corrected chi connectivity index (χ3v) is 2.88. The Morgan fingerprint density at radius 1 is 1.22 bits per heavy atom. The third kappa shape index (κ3) is 1.59. The van der Waals surface area contributed by atoms with Crippen LogP contribution >= 0.6 is 0 Å². The Balaban J connectivity index is 2.34. The highest BCUT2D eigenvalue weighted by molar-refractivity contribution is 5.86. The van der Waals surface area contributed by atoms with Crippen molar-refractivity contribution in [1.29, 1.82) is 0 Å². The van der Waals surface area contributed by atoms with Gasteiger partial charge in [0.05, 0.1) is 5.52 Å². The highest BCUT2D eigenvalue weighted by Crippen LogP contribution is 2.22. The van der Waals surface area contributed by atoms with E-state index < -0.39 is 0 Å². The van der Waals surface area contributed by atoms with Gasteiger partial charge in [-0.1, -0.05) is 0 Å². The molecule has 0 saturated carbocycles. The topological polar surface area (TPSA) is 47.3 Å². The fourth-order valence-electron chi connectivity index (χ4n) is 2.00. The molecule has 0 unspecified atom stereocenters. The Morgan fingerprint density at radius 3 is 2.72 bits per heavy atom. The van der Waals surface area contributed by atoms with E-state index in [1.54, 1.807) is 12.4 Å². The van der Waals surface area contributed by atoms with Gasteiger partial charge in [0.15, 0.2) is 6.29 Å². The zero-order valence-corrected chi connectivity index (χ0v) is 9.87. The molecular formula is C14H11N3O. The Morgan fingerprint density at radius 2 is 2.00 bits per heavy atom. The van der Waals surface area contributed by atoms with Crippen LogP contribution in [0.15, 0.2) is 42.9 Å². The number of aryl methyl sites for hydroxylation is 1. The quantitative estimate of drug-likeness (QED) is 0.643. The molecule has 4 heteroatoms. The molecule has 0 aliphatic heterocycles. The second-order valence-corrected chi connectivity index (χ2v) is 4.13. The van der Waals surface area contributed by atoms with Crippen molar-refractivity contribution in [2.24, 2.45) is 0 Å². The highest BCUT2D eigenvalue weighted by atomic mass is 16.1. The predicted molar refractivity (Wildman–Crippen MR) is 68.5 cm³/mol. The van der Waals surface area contributed by atoms with E-state index >= 15 is 0 Å². The van der Waals surface area contributed by atoms with Crippen LogP contribution in [0, 0.1) is 6.92 Å². The Bertz CT molecular complexity index is 716. The van der Waals surface area contributed by atoms with E-state index in [-0.39, 0.29) is 0 Å². The number of aromatic nitrogens is 3. The van der Waals surface area contributed by atoms with Crippen LogP contribution in [-0.4, -0.2) is 20.7 Å². The number of hydrogen-bond donors (Lipinski definition) is 0. The van der Waals surface area contributed by atoms with Gasteiger partial charge < -0.3 is 0 Å². The Hall–Kier alpha value is -2.49. The molecule has 0 fully saturated rings. The molecule has 0 bridgehead atoms. The summed E-state index contributed by atoms with van der Waals surface area (Å²) in [5.41, 5.74) is 3.34. The first-order valence-electron chi connectivity index (χ1n) is 5.64. The lowest BCUT2D eigenvalue weighted by Gasteiger charge is -2.01. The number of fused-ring (bicyclic) bond motifs is 1. The zero-order chi connectivity index (χ0) is 12.5. The number of rotatable bonds is 2. The van der Waals surface area contributed by atoms with Crippen LogP contribution in [0.5, 0.6) is 0 Å². The molecular weight excluding hydrogens is 226 g/mol. The van der Waals surface area contributed by atoms with E-state index in [9.17, 15) is 4.79 Å². The van der Waals surface area contributed by atoms with Crippen molar-refractivity contribution in [2.45, 2.75) is 6.92 Å². The normalized spacial score (nSPS) is 10.7. The molecule has 0 amide bonds. The first kappa shape index (κ1) is 10.7. The predicted octanol–water partition coefficient (Wildman–Crippen LogP) is 2.52. The number of nitrogens with zero attached hydrogens (tertiary/aromatic N) is 3. The van der Waals surface area contributed by atoms with Crippen LogP contribution in [0.1, 0.15) is 16.1 Å². The molecule has 4 nitrogen and oxygen atoms in total. The van der Waals surface area contributed by atoms with Gasteiger partial charge in [-0.3, -0.25) is 14.2 Å². The van der Waals surface area contributed by atoms with Crippen molar-refractivity contribution in [2.75, 3.05) is 0 Å².